The molecule has 0 bridgehead atoms. The Bertz CT molecular complexity index is 772. The molecule has 0 atom stereocenters. The second-order valence-electron chi connectivity index (χ2n) is 5.88. The average Bonchev–Trinajstić information content (AvgIpc) is 2.60. The highest BCUT2D eigenvalue weighted by Gasteiger charge is 2.25. The number of amides is 3. The summed E-state index contributed by atoms with van der Waals surface area (Å²) in [6.45, 7) is 4.00. The van der Waals surface area contributed by atoms with Crippen molar-refractivity contribution in [2.75, 3.05) is 5.32 Å². The standard InChI is InChI=1S/C19H21N3O3/c1-13(2)22(12-14-8-4-3-5-9-14)19(25)18(24)21-16-11-7-6-10-15(16)17(20)23/h3-11,13H,12H2,1-2H3,(H2,20,23)(H,21,24). The predicted molar refractivity (Wildman–Crippen MR) is 95.7 cm³/mol. The second kappa shape index (κ2) is 8.10. The normalized spacial score (nSPS) is 10.4. The Kier molecular flexibility index (Phi) is 5.89. The number of hydrogen-bond donors (Lipinski definition) is 2. The molecule has 0 saturated carbocycles. The van der Waals surface area contributed by atoms with Crippen molar-refractivity contribution < 1.29 is 14.4 Å². The SMILES string of the molecule is CC(C)N(Cc1ccccc1)C(=O)C(=O)Nc1ccccc1C(N)=O. The van der Waals surface area contributed by atoms with Gasteiger partial charge < -0.3 is 16.0 Å². The van der Waals surface area contributed by atoms with E-state index >= 15 is 0 Å². The first kappa shape index (κ1) is 18.2. The van der Waals surface area contributed by atoms with E-state index in [1.807, 2.05) is 44.2 Å². The summed E-state index contributed by atoms with van der Waals surface area (Å²) in [7, 11) is 0. The Morgan fingerprint density at radius 1 is 1.00 bits per heavy atom. The van der Waals surface area contributed by atoms with Gasteiger partial charge >= 0.3 is 11.8 Å². The molecule has 6 nitrogen and oxygen atoms in total. The fourth-order valence-electron chi connectivity index (χ4n) is 2.38. The molecule has 0 aliphatic rings. The lowest BCUT2D eigenvalue weighted by atomic mass is 10.1. The molecule has 0 aliphatic heterocycles. The van der Waals surface area contributed by atoms with Crippen LogP contribution in [0.15, 0.2) is 54.6 Å². The van der Waals surface area contributed by atoms with Crippen LogP contribution in [0.2, 0.25) is 0 Å². The molecule has 0 heterocycles. The van der Waals surface area contributed by atoms with Crippen LogP contribution in [0, 0.1) is 0 Å². The Morgan fingerprint density at radius 3 is 2.20 bits per heavy atom. The van der Waals surface area contributed by atoms with E-state index in [2.05, 4.69) is 5.32 Å². The molecule has 0 unspecified atom stereocenters. The van der Waals surface area contributed by atoms with Crippen molar-refractivity contribution in [1.29, 1.82) is 0 Å². The third kappa shape index (κ3) is 4.67. The summed E-state index contributed by atoms with van der Waals surface area (Å²) in [4.78, 5) is 37.8. The van der Waals surface area contributed by atoms with Gasteiger partial charge in [-0.1, -0.05) is 42.5 Å². The van der Waals surface area contributed by atoms with Crippen molar-refractivity contribution in [3.8, 4) is 0 Å². The molecule has 0 spiro atoms. The first-order chi connectivity index (χ1) is 11.9. The highest BCUT2D eigenvalue weighted by atomic mass is 16.2. The Balaban J connectivity index is 2.16. The quantitative estimate of drug-likeness (QED) is 0.818. The summed E-state index contributed by atoms with van der Waals surface area (Å²) in [5, 5.41) is 2.48. The van der Waals surface area contributed by atoms with E-state index in [9.17, 15) is 14.4 Å². The lowest BCUT2D eigenvalue weighted by molar-refractivity contribution is -0.144. The van der Waals surface area contributed by atoms with Crippen molar-refractivity contribution in [2.45, 2.75) is 26.4 Å². The Hall–Kier alpha value is -3.15. The number of para-hydroxylation sites is 1. The molecule has 0 aromatic heterocycles. The van der Waals surface area contributed by atoms with Crippen molar-refractivity contribution in [3.05, 3.63) is 65.7 Å². The number of hydrogen-bond acceptors (Lipinski definition) is 3. The first-order valence-electron chi connectivity index (χ1n) is 7.95. The number of nitrogens with one attached hydrogen (secondary N) is 1. The lowest BCUT2D eigenvalue weighted by Gasteiger charge is -2.26. The van der Waals surface area contributed by atoms with Crippen LogP contribution >= 0.6 is 0 Å². The van der Waals surface area contributed by atoms with E-state index in [0.29, 0.717) is 6.54 Å². The van der Waals surface area contributed by atoms with E-state index in [1.54, 1.807) is 12.1 Å². The van der Waals surface area contributed by atoms with Crippen LogP contribution in [-0.4, -0.2) is 28.7 Å². The van der Waals surface area contributed by atoms with Gasteiger partial charge in [-0.2, -0.15) is 0 Å². The third-order valence-corrected chi connectivity index (χ3v) is 3.71. The predicted octanol–water partition coefficient (Wildman–Crippen LogP) is 2.16. The zero-order valence-electron chi connectivity index (χ0n) is 14.2. The molecular weight excluding hydrogens is 318 g/mol. The molecule has 25 heavy (non-hydrogen) atoms. The monoisotopic (exact) mass is 339 g/mol. The van der Waals surface area contributed by atoms with E-state index in [0.717, 1.165) is 5.56 Å². The summed E-state index contributed by atoms with van der Waals surface area (Å²) < 4.78 is 0. The molecule has 0 aliphatic carbocycles. The zero-order valence-corrected chi connectivity index (χ0v) is 14.2. The van der Waals surface area contributed by atoms with E-state index < -0.39 is 17.7 Å². The number of benzene rings is 2. The van der Waals surface area contributed by atoms with E-state index in [4.69, 9.17) is 5.73 Å². The smallest absolute Gasteiger partial charge is 0.313 e. The summed E-state index contributed by atoms with van der Waals surface area (Å²) >= 11 is 0. The number of anilines is 1. The minimum atomic E-state index is -0.807. The van der Waals surface area contributed by atoms with Crippen molar-refractivity contribution in [2.24, 2.45) is 5.73 Å². The van der Waals surface area contributed by atoms with Gasteiger partial charge in [-0.3, -0.25) is 14.4 Å². The van der Waals surface area contributed by atoms with Crippen molar-refractivity contribution in [1.82, 2.24) is 4.90 Å². The van der Waals surface area contributed by atoms with E-state index in [-0.39, 0.29) is 17.3 Å². The topological polar surface area (TPSA) is 92.5 Å². The van der Waals surface area contributed by atoms with Gasteiger partial charge in [0.1, 0.15) is 0 Å². The summed E-state index contributed by atoms with van der Waals surface area (Å²) in [6.07, 6.45) is 0. The number of primary amides is 1. The molecule has 2 aromatic rings. The molecule has 0 fully saturated rings. The number of carbonyl (C=O) groups is 3. The van der Waals surface area contributed by atoms with Gasteiger partial charge in [-0.05, 0) is 31.5 Å². The van der Waals surface area contributed by atoms with Crippen LogP contribution in [0.5, 0.6) is 0 Å². The minimum Gasteiger partial charge on any atom is -0.366 e. The van der Waals surface area contributed by atoms with Crippen LogP contribution in [0.25, 0.3) is 0 Å². The molecule has 0 radical (unpaired) electrons. The third-order valence-electron chi connectivity index (χ3n) is 3.71. The minimum absolute atomic E-state index is 0.155. The van der Waals surface area contributed by atoms with Crippen LogP contribution in [0.3, 0.4) is 0 Å². The molecule has 130 valence electrons. The van der Waals surface area contributed by atoms with E-state index in [1.165, 1.54) is 17.0 Å². The van der Waals surface area contributed by atoms with Crippen molar-refractivity contribution >= 4 is 23.4 Å². The molecule has 6 heteroatoms. The largest absolute Gasteiger partial charge is 0.366 e. The molecule has 0 saturated heterocycles. The van der Waals surface area contributed by atoms with Gasteiger partial charge in [-0.15, -0.1) is 0 Å². The van der Waals surface area contributed by atoms with Gasteiger partial charge in [0.2, 0.25) is 0 Å². The van der Waals surface area contributed by atoms with Gasteiger partial charge in [0.25, 0.3) is 5.91 Å². The molecule has 2 rings (SSSR count). The maximum atomic E-state index is 12.6. The van der Waals surface area contributed by atoms with Crippen LogP contribution < -0.4 is 11.1 Å². The Morgan fingerprint density at radius 2 is 1.60 bits per heavy atom. The van der Waals surface area contributed by atoms with Crippen LogP contribution in [0.4, 0.5) is 5.69 Å². The highest BCUT2D eigenvalue weighted by Crippen LogP contribution is 2.15. The zero-order chi connectivity index (χ0) is 18.4. The number of nitrogens with zero attached hydrogens (tertiary/aromatic N) is 1. The molecular formula is C19H21N3O3. The fraction of sp³-hybridized carbons (Fsp3) is 0.211. The highest BCUT2D eigenvalue weighted by molar-refractivity contribution is 6.39. The maximum absolute atomic E-state index is 12.6. The van der Waals surface area contributed by atoms with Crippen LogP contribution in [-0.2, 0) is 16.1 Å². The van der Waals surface area contributed by atoms with Gasteiger partial charge in [0.05, 0.1) is 11.3 Å². The van der Waals surface area contributed by atoms with Gasteiger partial charge in [-0.25, -0.2) is 0 Å². The summed E-state index contributed by atoms with van der Waals surface area (Å²) in [5.41, 5.74) is 6.59. The van der Waals surface area contributed by atoms with Crippen LogP contribution in [0.1, 0.15) is 29.8 Å². The Labute approximate surface area is 146 Å². The van der Waals surface area contributed by atoms with Crippen molar-refractivity contribution in [3.63, 3.8) is 0 Å². The molecule has 3 N–H and O–H groups in total. The first-order valence-corrected chi connectivity index (χ1v) is 7.95. The molecule has 3 amide bonds. The summed E-state index contributed by atoms with van der Waals surface area (Å²) in [6, 6.07) is 15.6. The number of rotatable bonds is 5. The van der Waals surface area contributed by atoms with Gasteiger partial charge in [0, 0.05) is 12.6 Å². The number of nitrogens with two attached hydrogens (primary N) is 1. The summed E-state index contributed by atoms with van der Waals surface area (Å²) in [5.74, 6) is -2.15. The maximum Gasteiger partial charge on any atom is 0.313 e. The van der Waals surface area contributed by atoms with Gasteiger partial charge in [0.15, 0.2) is 0 Å². The average molecular weight is 339 g/mol. The fourth-order valence-corrected chi connectivity index (χ4v) is 2.38. The lowest BCUT2D eigenvalue weighted by Crippen LogP contribution is -2.43. The molecule has 2 aromatic carbocycles. The second-order valence-corrected chi connectivity index (χ2v) is 5.88. The number of carbonyl (C=O) groups excluding carboxylic acids is 3.